The van der Waals surface area contributed by atoms with Crippen molar-refractivity contribution < 1.29 is 23.1 Å². The predicted octanol–water partition coefficient (Wildman–Crippen LogP) is 4.52. The Morgan fingerprint density at radius 3 is 2.34 bits per heavy atom. The van der Waals surface area contributed by atoms with Crippen molar-refractivity contribution in [1.29, 1.82) is 0 Å². The van der Waals surface area contributed by atoms with E-state index in [1.807, 2.05) is 23.1 Å². The van der Waals surface area contributed by atoms with Crippen LogP contribution >= 0.6 is 0 Å². The van der Waals surface area contributed by atoms with Gasteiger partial charge in [-0.05, 0) is 68.5 Å². The molecule has 0 aromatic heterocycles. The van der Waals surface area contributed by atoms with Gasteiger partial charge in [-0.3, -0.25) is 9.59 Å². The van der Waals surface area contributed by atoms with Gasteiger partial charge in [0.2, 0.25) is 0 Å². The fourth-order valence-electron chi connectivity index (χ4n) is 4.41. The van der Waals surface area contributed by atoms with Crippen LogP contribution in [0.1, 0.15) is 52.8 Å². The van der Waals surface area contributed by atoms with E-state index in [1.165, 1.54) is 12.5 Å². The normalized spacial score (nSPS) is 19.0. The number of likely N-dealkylation sites (tertiary alicyclic amines) is 2. The Morgan fingerprint density at radius 2 is 1.56 bits per heavy atom. The first-order valence-corrected chi connectivity index (χ1v) is 11.3. The van der Waals surface area contributed by atoms with E-state index in [9.17, 15) is 18.4 Å². The fourth-order valence-corrected chi connectivity index (χ4v) is 4.41. The van der Waals surface area contributed by atoms with Crippen LogP contribution < -0.4 is 4.74 Å². The maximum atomic E-state index is 13.5. The molecule has 0 bridgehead atoms. The first-order chi connectivity index (χ1) is 15.5. The van der Waals surface area contributed by atoms with Crippen molar-refractivity contribution in [3.63, 3.8) is 0 Å². The largest absolute Gasteiger partial charge is 0.493 e. The number of piperidine rings is 2. The van der Waals surface area contributed by atoms with Gasteiger partial charge in [0.1, 0.15) is 5.75 Å². The summed E-state index contributed by atoms with van der Waals surface area (Å²) in [5, 5.41) is 0. The summed E-state index contributed by atoms with van der Waals surface area (Å²) in [5.74, 6) is -1.49. The van der Waals surface area contributed by atoms with Crippen molar-refractivity contribution >= 4 is 11.8 Å². The number of carbonyl (C=O) groups is 2. The summed E-state index contributed by atoms with van der Waals surface area (Å²) in [6.45, 7) is 3.09. The third kappa shape index (κ3) is 5.26. The Morgan fingerprint density at radius 1 is 0.844 bits per heavy atom. The quantitative estimate of drug-likeness (QED) is 0.684. The molecule has 2 aliphatic rings. The lowest BCUT2D eigenvalue weighted by Gasteiger charge is -2.32. The number of halogens is 2. The molecule has 4 rings (SSSR count). The first-order valence-electron chi connectivity index (χ1n) is 11.3. The smallest absolute Gasteiger partial charge is 0.253 e. The molecule has 0 spiro atoms. The number of hydrogen-bond acceptors (Lipinski definition) is 3. The minimum Gasteiger partial charge on any atom is -0.493 e. The molecule has 32 heavy (non-hydrogen) atoms. The highest BCUT2D eigenvalue weighted by molar-refractivity contribution is 5.95. The van der Waals surface area contributed by atoms with Crippen LogP contribution in [0, 0.1) is 17.6 Å². The van der Waals surface area contributed by atoms with E-state index in [4.69, 9.17) is 4.74 Å². The predicted molar refractivity (Wildman–Crippen MR) is 117 cm³/mol. The van der Waals surface area contributed by atoms with Gasteiger partial charge in [-0.15, -0.1) is 0 Å². The highest BCUT2D eigenvalue weighted by Crippen LogP contribution is 2.23. The molecule has 1 unspecified atom stereocenters. The SMILES string of the molecule is O=C(c1cccc(OCC2CCCN(C(=O)c3ccc(F)c(F)c3)C2)c1)N1CCCCC1. The molecule has 7 heteroatoms. The molecule has 2 saturated heterocycles. The number of ether oxygens (including phenoxy) is 1. The van der Waals surface area contributed by atoms with Gasteiger partial charge in [0.15, 0.2) is 11.6 Å². The van der Waals surface area contributed by atoms with Crippen LogP contribution in [0.2, 0.25) is 0 Å². The summed E-state index contributed by atoms with van der Waals surface area (Å²) in [7, 11) is 0. The van der Waals surface area contributed by atoms with Crippen LogP contribution in [-0.4, -0.2) is 54.4 Å². The van der Waals surface area contributed by atoms with Crippen molar-refractivity contribution in [1.82, 2.24) is 9.80 Å². The third-order valence-electron chi connectivity index (χ3n) is 6.18. The molecule has 1 atom stereocenters. The summed E-state index contributed by atoms with van der Waals surface area (Å²) in [6, 6.07) is 10.5. The second kappa shape index (κ2) is 10.1. The lowest BCUT2D eigenvalue weighted by Crippen LogP contribution is -2.41. The number of nitrogens with zero attached hydrogens (tertiary/aromatic N) is 2. The highest BCUT2D eigenvalue weighted by Gasteiger charge is 2.26. The third-order valence-corrected chi connectivity index (χ3v) is 6.18. The van der Waals surface area contributed by atoms with Gasteiger partial charge >= 0.3 is 0 Å². The molecule has 2 aromatic carbocycles. The van der Waals surface area contributed by atoms with Crippen molar-refractivity contribution in [3.8, 4) is 5.75 Å². The molecule has 170 valence electrons. The monoisotopic (exact) mass is 442 g/mol. The summed E-state index contributed by atoms with van der Waals surface area (Å²) >= 11 is 0. The standard InChI is InChI=1S/C25H28F2N2O3/c26-22-10-9-20(15-23(22)27)25(31)29-13-5-6-18(16-29)17-32-21-8-4-7-19(14-21)24(30)28-11-2-1-3-12-28/h4,7-10,14-15,18H,1-3,5-6,11-13,16-17H2. The van der Waals surface area contributed by atoms with E-state index in [0.717, 1.165) is 50.9 Å². The Bertz CT molecular complexity index is 975. The summed E-state index contributed by atoms with van der Waals surface area (Å²) in [6.07, 6.45) is 4.99. The van der Waals surface area contributed by atoms with Gasteiger partial charge in [-0.1, -0.05) is 6.07 Å². The topological polar surface area (TPSA) is 49.9 Å². The minimum atomic E-state index is -1.02. The van der Waals surface area contributed by atoms with Crippen LogP contribution in [0.4, 0.5) is 8.78 Å². The van der Waals surface area contributed by atoms with Crippen molar-refractivity contribution in [2.45, 2.75) is 32.1 Å². The van der Waals surface area contributed by atoms with Crippen LogP contribution in [0.15, 0.2) is 42.5 Å². The zero-order valence-corrected chi connectivity index (χ0v) is 18.1. The van der Waals surface area contributed by atoms with Gasteiger partial charge in [0, 0.05) is 43.2 Å². The summed E-state index contributed by atoms with van der Waals surface area (Å²) < 4.78 is 32.7. The van der Waals surface area contributed by atoms with Crippen molar-refractivity contribution in [2.75, 3.05) is 32.8 Å². The van der Waals surface area contributed by atoms with Crippen LogP contribution in [0.5, 0.6) is 5.75 Å². The number of amides is 2. The lowest BCUT2D eigenvalue weighted by atomic mass is 9.98. The van der Waals surface area contributed by atoms with Crippen LogP contribution in [-0.2, 0) is 0 Å². The maximum absolute atomic E-state index is 13.5. The Labute approximate surface area is 187 Å². The molecule has 0 aliphatic carbocycles. The number of hydrogen-bond donors (Lipinski definition) is 0. The Kier molecular flexibility index (Phi) is 7.02. The summed E-state index contributed by atoms with van der Waals surface area (Å²) in [5.41, 5.74) is 0.776. The highest BCUT2D eigenvalue weighted by atomic mass is 19.2. The molecule has 2 heterocycles. The maximum Gasteiger partial charge on any atom is 0.253 e. The van der Waals surface area contributed by atoms with E-state index in [2.05, 4.69) is 0 Å². The van der Waals surface area contributed by atoms with Gasteiger partial charge < -0.3 is 14.5 Å². The second-order valence-corrected chi connectivity index (χ2v) is 8.58. The molecule has 5 nitrogen and oxygen atoms in total. The molecule has 2 aromatic rings. The van der Waals surface area contributed by atoms with E-state index >= 15 is 0 Å². The molecule has 0 N–H and O–H groups in total. The number of carbonyl (C=O) groups excluding carboxylic acids is 2. The van der Waals surface area contributed by atoms with E-state index in [0.29, 0.717) is 31.0 Å². The van der Waals surface area contributed by atoms with E-state index < -0.39 is 11.6 Å². The van der Waals surface area contributed by atoms with Gasteiger partial charge in [-0.25, -0.2) is 8.78 Å². The molecular formula is C25H28F2N2O3. The summed E-state index contributed by atoms with van der Waals surface area (Å²) in [4.78, 5) is 29.0. The molecule has 2 aliphatic heterocycles. The average Bonchev–Trinajstić information content (AvgIpc) is 2.84. The zero-order chi connectivity index (χ0) is 22.5. The van der Waals surface area contributed by atoms with Crippen LogP contribution in [0.25, 0.3) is 0 Å². The van der Waals surface area contributed by atoms with Gasteiger partial charge in [0.05, 0.1) is 6.61 Å². The number of rotatable bonds is 5. The zero-order valence-electron chi connectivity index (χ0n) is 18.1. The van der Waals surface area contributed by atoms with Crippen molar-refractivity contribution in [2.24, 2.45) is 5.92 Å². The van der Waals surface area contributed by atoms with Gasteiger partial charge in [-0.2, -0.15) is 0 Å². The minimum absolute atomic E-state index is 0.0381. The molecular weight excluding hydrogens is 414 g/mol. The van der Waals surface area contributed by atoms with Crippen molar-refractivity contribution in [3.05, 3.63) is 65.2 Å². The molecule has 2 fully saturated rings. The van der Waals surface area contributed by atoms with Gasteiger partial charge in [0.25, 0.3) is 11.8 Å². The Balaban J connectivity index is 1.34. The average molecular weight is 443 g/mol. The van der Waals surface area contributed by atoms with Crippen LogP contribution in [0.3, 0.4) is 0 Å². The molecule has 0 saturated carbocycles. The second-order valence-electron chi connectivity index (χ2n) is 8.58. The first kappa shape index (κ1) is 22.2. The lowest BCUT2D eigenvalue weighted by molar-refractivity contribution is 0.0631. The Hall–Kier alpha value is -2.96. The molecule has 0 radical (unpaired) electrons. The fraction of sp³-hybridized carbons (Fsp3) is 0.440. The van der Waals surface area contributed by atoms with E-state index in [-0.39, 0.29) is 23.3 Å². The number of benzene rings is 2. The van der Waals surface area contributed by atoms with E-state index in [1.54, 1.807) is 11.0 Å². The molecule has 2 amide bonds.